The summed E-state index contributed by atoms with van der Waals surface area (Å²) in [6, 6.07) is -0.864. The van der Waals surface area contributed by atoms with Crippen molar-refractivity contribution in [1.29, 1.82) is 0 Å². The van der Waals surface area contributed by atoms with Crippen molar-refractivity contribution in [3.8, 4) is 0 Å². The van der Waals surface area contributed by atoms with Gasteiger partial charge >= 0.3 is 13.8 Å². The molecule has 0 radical (unpaired) electrons. The first-order chi connectivity index (χ1) is 39.4. The van der Waals surface area contributed by atoms with E-state index in [0.29, 0.717) is 23.9 Å². The minimum atomic E-state index is -4.46. The second-order valence-corrected chi connectivity index (χ2v) is 25.8. The average Bonchev–Trinajstić information content (AvgIpc) is 3.44. The molecule has 9 nitrogen and oxygen atoms in total. The summed E-state index contributed by atoms with van der Waals surface area (Å²) in [5.74, 6) is -0.533. The van der Waals surface area contributed by atoms with E-state index in [2.05, 4.69) is 86.8 Å². The number of phosphoric ester groups is 1. The molecule has 10 heteroatoms. The Morgan fingerprint density at radius 1 is 0.432 bits per heavy atom. The molecular weight excluding hydrogens is 1020 g/mol. The third-order valence-corrected chi connectivity index (χ3v) is 16.1. The van der Waals surface area contributed by atoms with Crippen molar-refractivity contribution in [3.05, 3.63) is 72.9 Å². The summed E-state index contributed by atoms with van der Waals surface area (Å²) in [5, 5.41) is 3.06. The number of amides is 1. The summed E-state index contributed by atoms with van der Waals surface area (Å²) < 4.78 is 30.8. The Labute approximate surface area is 502 Å². The second kappa shape index (κ2) is 60.6. The van der Waals surface area contributed by atoms with E-state index in [0.717, 1.165) is 77.0 Å². The van der Waals surface area contributed by atoms with E-state index < -0.39 is 20.0 Å². The fourth-order valence-corrected chi connectivity index (χ4v) is 10.5. The Morgan fingerprint density at radius 3 is 1.17 bits per heavy atom. The quantitative estimate of drug-likeness (QED) is 0.0205. The van der Waals surface area contributed by atoms with Gasteiger partial charge in [0.05, 0.1) is 33.8 Å². The molecule has 0 spiro atoms. The first kappa shape index (κ1) is 78.5. The third kappa shape index (κ3) is 61.8. The van der Waals surface area contributed by atoms with Gasteiger partial charge < -0.3 is 19.4 Å². The zero-order chi connectivity index (χ0) is 59.3. The smallest absolute Gasteiger partial charge is 0.456 e. The van der Waals surface area contributed by atoms with Gasteiger partial charge in [-0.3, -0.25) is 18.6 Å². The highest BCUT2D eigenvalue weighted by molar-refractivity contribution is 7.47. The molecule has 0 aromatic heterocycles. The van der Waals surface area contributed by atoms with Crippen LogP contribution in [0.5, 0.6) is 0 Å². The summed E-state index contributed by atoms with van der Waals surface area (Å²) >= 11 is 0. The number of quaternary nitrogens is 1. The summed E-state index contributed by atoms with van der Waals surface area (Å²) in [5.41, 5.74) is 0. The van der Waals surface area contributed by atoms with E-state index >= 15 is 0 Å². The molecule has 0 aromatic carbocycles. The van der Waals surface area contributed by atoms with Crippen LogP contribution in [0.1, 0.15) is 316 Å². The molecule has 0 bridgehead atoms. The van der Waals surface area contributed by atoms with Gasteiger partial charge in [-0.15, -0.1) is 0 Å². The maximum Gasteiger partial charge on any atom is 0.472 e. The van der Waals surface area contributed by atoms with Crippen LogP contribution in [0.2, 0.25) is 0 Å². The van der Waals surface area contributed by atoms with E-state index in [4.69, 9.17) is 13.8 Å². The lowest BCUT2D eigenvalue weighted by Gasteiger charge is -2.27. The lowest BCUT2D eigenvalue weighted by molar-refractivity contribution is -0.870. The summed E-state index contributed by atoms with van der Waals surface area (Å²) in [7, 11) is 1.48. The maximum atomic E-state index is 13.6. The number of likely N-dealkylation sites (N-methyl/N-ethyl adjacent to an activating group) is 1. The first-order valence-corrected chi connectivity index (χ1v) is 35.8. The molecule has 0 saturated carbocycles. The molecule has 1 amide bonds. The van der Waals surface area contributed by atoms with Crippen LogP contribution in [-0.4, -0.2) is 74.3 Å². The SMILES string of the molecule is CCCCC/C=C\C/C=C\C/C=C\C/C=C\CCCCCC(=O)OC(/C=C\CCCCCCCCCCCCC)C(COP(=O)(O)OCC[N+](C)(C)C)NC(=O)CCCCCCCCCCCCCCC/C=C/CCCCCCCC. The summed E-state index contributed by atoms with van der Waals surface area (Å²) in [4.78, 5) is 37.8. The standard InChI is InChI=1S/C71H131N2O7P/c1-7-10-13-16-19-22-25-28-30-32-34-35-36-37-39-40-42-45-48-51-54-57-60-63-70(74)72-68(67-79-81(76,77)78-66-65-73(4,5)6)69(62-59-56-53-50-47-44-27-24-21-18-15-12-9-3)80-71(75)64-61-58-55-52-49-46-43-41-38-33-31-29-26-23-20-17-14-11-8-2/h20,23,28-31,38,41,46,49,59,62,68-69H,7-19,21-22,24-27,32-37,39-40,42-45,47-48,50-58,60-61,63-67H2,1-6H3,(H-,72,74,76,77)/p+1/b23-20-,30-28+,31-29-,41-38-,49-46-,62-59-. The molecule has 0 saturated heterocycles. The van der Waals surface area contributed by atoms with Crippen LogP contribution < -0.4 is 5.32 Å². The molecule has 0 heterocycles. The fraction of sp³-hybridized carbons (Fsp3) is 0.803. The van der Waals surface area contributed by atoms with Crippen LogP contribution in [-0.2, 0) is 27.9 Å². The number of allylic oxidation sites excluding steroid dienone is 11. The predicted molar refractivity (Wildman–Crippen MR) is 351 cm³/mol. The number of rotatable bonds is 62. The van der Waals surface area contributed by atoms with Crippen molar-refractivity contribution >= 4 is 19.7 Å². The molecule has 0 rings (SSSR count). The normalized spacial score (nSPS) is 14.0. The summed E-state index contributed by atoms with van der Waals surface area (Å²) in [6.45, 7) is 6.99. The van der Waals surface area contributed by atoms with Gasteiger partial charge in [-0.2, -0.15) is 0 Å². The van der Waals surface area contributed by atoms with E-state index in [1.54, 1.807) is 0 Å². The van der Waals surface area contributed by atoms with Crippen LogP contribution >= 0.6 is 7.82 Å². The number of hydrogen-bond acceptors (Lipinski definition) is 6. The highest BCUT2D eigenvalue weighted by Crippen LogP contribution is 2.43. The molecule has 81 heavy (non-hydrogen) atoms. The topological polar surface area (TPSA) is 111 Å². The fourth-order valence-electron chi connectivity index (χ4n) is 9.80. The van der Waals surface area contributed by atoms with Crippen molar-refractivity contribution in [3.63, 3.8) is 0 Å². The number of unbranched alkanes of at least 4 members (excludes halogenated alkanes) is 36. The lowest BCUT2D eigenvalue weighted by atomic mass is 10.0. The van der Waals surface area contributed by atoms with Gasteiger partial charge in [0.1, 0.15) is 19.3 Å². The first-order valence-electron chi connectivity index (χ1n) is 34.3. The largest absolute Gasteiger partial charge is 0.472 e. The molecule has 2 N–H and O–H groups in total. The molecule has 0 aliphatic heterocycles. The average molecular weight is 1160 g/mol. The van der Waals surface area contributed by atoms with E-state index in [1.807, 2.05) is 33.3 Å². The van der Waals surface area contributed by atoms with Crippen LogP contribution in [0.4, 0.5) is 0 Å². The van der Waals surface area contributed by atoms with Gasteiger partial charge in [-0.1, -0.05) is 274 Å². The highest BCUT2D eigenvalue weighted by atomic mass is 31.2. The van der Waals surface area contributed by atoms with Gasteiger partial charge in [-0.05, 0) is 102 Å². The molecule has 3 unspecified atom stereocenters. The number of carbonyl (C=O) groups excluding carboxylic acids is 2. The zero-order valence-electron chi connectivity index (χ0n) is 54.0. The van der Waals surface area contributed by atoms with Gasteiger partial charge in [0, 0.05) is 12.8 Å². The predicted octanol–water partition coefficient (Wildman–Crippen LogP) is 21.6. The minimum absolute atomic E-state index is 0.0336. The number of nitrogens with one attached hydrogen (secondary N) is 1. The number of ether oxygens (including phenoxy) is 1. The Balaban J connectivity index is 5.20. The number of esters is 1. The lowest BCUT2D eigenvalue weighted by Crippen LogP contribution is -2.47. The molecule has 0 aromatic rings. The Bertz CT molecular complexity index is 1620. The number of phosphoric acid groups is 1. The van der Waals surface area contributed by atoms with Gasteiger partial charge in [0.25, 0.3) is 0 Å². The minimum Gasteiger partial charge on any atom is -0.456 e. The van der Waals surface area contributed by atoms with Gasteiger partial charge in [0.2, 0.25) is 5.91 Å². The molecule has 0 aliphatic rings. The van der Waals surface area contributed by atoms with Crippen molar-refractivity contribution < 1.29 is 37.3 Å². The summed E-state index contributed by atoms with van der Waals surface area (Å²) in [6.07, 6.45) is 79.1. The van der Waals surface area contributed by atoms with Crippen LogP contribution in [0.15, 0.2) is 72.9 Å². The van der Waals surface area contributed by atoms with Crippen molar-refractivity contribution in [2.45, 2.75) is 328 Å². The Morgan fingerprint density at radius 2 is 0.753 bits per heavy atom. The molecule has 3 atom stereocenters. The Hall–Kier alpha value is -2.55. The number of hydrogen-bond donors (Lipinski definition) is 2. The zero-order valence-corrected chi connectivity index (χ0v) is 54.9. The molecule has 472 valence electrons. The maximum absolute atomic E-state index is 13.6. The third-order valence-electron chi connectivity index (χ3n) is 15.1. The van der Waals surface area contributed by atoms with E-state index in [1.165, 1.54) is 199 Å². The second-order valence-electron chi connectivity index (χ2n) is 24.3. The highest BCUT2D eigenvalue weighted by Gasteiger charge is 2.30. The van der Waals surface area contributed by atoms with Gasteiger partial charge in [-0.25, -0.2) is 4.57 Å². The van der Waals surface area contributed by atoms with Crippen LogP contribution in [0, 0.1) is 0 Å². The van der Waals surface area contributed by atoms with Crippen molar-refractivity contribution in [2.75, 3.05) is 40.9 Å². The van der Waals surface area contributed by atoms with E-state index in [9.17, 15) is 19.0 Å². The monoisotopic (exact) mass is 1160 g/mol. The van der Waals surface area contributed by atoms with Crippen molar-refractivity contribution in [1.82, 2.24) is 5.32 Å². The van der Waals surface area contributed by atoms with E-state index in [-0.39, 0.29) is 31.5 Å². The van der Waals surface area contributed by atoms with Crippen molar-refractivity contribution in [2.24, 2.45) is 0 Å². The van der Waals surface area contributed by atoms with Gasteiger partial charge in [0.15, 0.2) is 0 Å². The number of carbonyl (C=O) groups is 2. The molecular formula is C71H132N2O7P+. The van der Waals surface area contributed by atoms with Crippen LogP contribution in [0.3, 0.4) is 0 Å². The number of nitrogens with zero attached hydrogens (tertiary/aromatic N) is 1. The Kier molecular flexibility index (Phi) is 58.7. The molecule has 0 fully saturated rings. The van der Waals surface area contributed by atoms with Crippen LogP contribution in [0.25, 0.3) is 0 Å². The molecule has 0 aliphatic carbocycles.